The Kier molecular flexibility index (Phi) is 11.7. The molecule has 29 heavy (non-hydrogen) atoms. The van der Waals surface area contributed by atoms with Crippen molar-refractivity contribution in [1.29, 1.82) is 0 Å². The zero-order valence-electron chi connectivity index (χ0n) is 18.8. The second-order valence-electron chi connectivity index (χ2n) is 8.61. The molecule has 0 atom stereocenters. The quantitative estimate of drug-likeness (QED) is 0.360. The van der Waals surface area contributed by atoms with Gasteiger partial charge >= 0.3 is 0 Å². The third kappa shape index (κ3) is 10.1. The molecule has 2 aromatic rings. The zero-order valence-corrected chi connectivity index (χ0v) is 18.8. The molecule has 0 aliphatic heterocycles. The van der Waals surface area contributed by atoms with Crippen molar-refractivity contribution in [3.05, 3.63) is 59.2 Å². The van der Waals surface area contributed by atoms with Gasteiger partial charge in [0.15, 0.2) is 0 Å². The van der Waals surface area contributed by atoms with Gasteiger partial charge in [0, 0.05) is 12.2 Å². The molecule has 2 heteroatoms. The number of quaternary nitrogens is 1. The Bertz CT molecular complexity index is 657. The van der Waals surface area contributed by atoms with Crippen molar-refractivity contribution >= 4 is 0 Å². The molecule has 0 fully saturated rings. The maximum absolute atomic E-state index is 8.76. The average molecular weight is 397 g/mol. The number of aliphatic hydroxyl groups excluding tert-OH is 1. The number of aliphatic hydroxyl groups is 1. The molecule has 0 radical (unpaired) electrons. The van der Waals surface area contributed by atoms with Crippen LogP contribution in [-0.4, -0.2) is 18.3 Å². The molecule has 2 aromatic carbocycles. The van der Waals surface area contributed by atoms with Crippen molar-refractivity contribution in [3.63, 3.8) is 0 Å². The summed E-state index contributed by atoms with van der Waals surface area (Å²) < 4.78 is 0. The van der Waals surface area contributed by atoms with Gasteiger partial charge in [-0.1, -0.05) is 98.5 Å². The molecule has 0 unspecified atom stereocenters. The normalized spacial score (nSPS) is 11.1. The number of benzene rings is 2. The summed E-state index contributed by atoms with van der Waals surface area (Å²) in [5.74, 6) is 0. The number of aryl methyl sites for hydroxylation is 2. The summed E-state index contributed by atoms with van der Waals surface area (Å²) in [6.45, 7) is 7.01. The minimum atomic E-state index is 0.357. The van der Waals surface area contributed by atoms with Gasteiger partial charge in [0.1, 0.15) is 6.54 Å². The van der Waals surface area contributed by atoms with Gasteiger partial charge in [0.25, 0.3) is 0 Å². The second kappa shape index (κ2) is 14.4. The smallest absolute Gasteiger partial charge is 0.101 e. The summed E-state index contributed by atoms with van der Waals surface area (Å²) >= 11 is 0. The molecular formula is C27H42NO+. The zero-order chi connectivity index (χ0) is 20.7. The first-order chi connectivity index (χ1) is 14.2. The van der Waals surface area contributed by atoms with Crippen LogP contribution in [0.4, 0.5) is 0 Å². The lowest BCUT2D eigenvalue weighted by atomic mass is 10.00. The third-order valence-corrected chi connectivity index (χ3v) is 5.71. The van der Waals surface area contributed by atoms with Gasteiger partial charge in [0.2, 0.25) is 0 Å². The molecule has 2 nitrogen and oxygen atoms in total. The number of hydrogen-bond donors (Lipinski definition) is 2. The molecule has 0 aliphatic rings. The first kappa shape index (κ1) is 23.6. The van der Waals surface area contributed by atoms with E-state index in [1.807, 2.05) is 0 Å². The van der Waals surface area contributed by atoms with Gasteiger partial charge in [-0.25, -0.2) is 0 Å². The average Bonchev–Trinajstić information content (AvgIpc) is 2.71. The van der Waals surface area contributed by atoms with E-state index in [1.54, 1.807) is 0 Å². The lowest BCUT2D eigenvalue weighted by molar-refractivity contribution is -0.671. The minimum absolute atomic E-state index is 0.357. The van der Waals surface area contributed by atoms with Gasteiger partial charge < -0.3 is 10.4 Å². The van der Waals surface area contributed by atoms with Crippen LogP contribution in [0.1, 0.15) is 80.9 Å². The Morgan fingerprint density at radius 2 is 1.14 bits per heavy atom. The molecule has 160 valence electrons. The molecular weight excluding hydrogens is 354 g/mol. The Hall–Kier alpha value is -1.64. The molecule has 0 heterocycles. The summed E-state index contributed by atoms with van der Waals surface area (Å²) in [5, 5.41) is 11.2. The SMILES string of the molecule is Cc1cc(C)cc(-c2ccc(C[NH2+]CCCCCCCCCCCCO)cc2)c1. The molecule has 0 amide bonds. The van der Waals surface area contributed by atoms with Crippen LogP contribution >= 0.6 is 0 Å². The van der Waals surface area contributed by atoms with Crippen LogP contribution in [0.3, 0.4) is 0 Å². The van der Waals surface area contributed by atoms with Crippen LogP contribution in [0.25, 0.3) is 11.1 Å². The minimum Gasteiger partial charge on any atom is -0.396 e. The fourth-order valence-corrected chi connectivity index (χ4v) is 4.06. The number of hydrogen-bond acceptors (Lipinski definition) is 1. The number of rotatable bonds is 15. The fraction of sp³-hybridized carbons (Fsp3) is 0.556. The van der Waals surface area contributed by atoms with Gasteiger partial charge in [-0.3, -0.25) is 0 Å². The molecule has 3 N–H and O–H groups in total. The van der Waals surface area contributed by atoms with Crippen molar-refractivity contribution in [3.8, 4) is 11.1 Å². The van der Waals surface area contributed by atoms with Crippen molar-refractivity contribution in [1.82, 2.24) is 0 Å². The Labute approximate surface area is 178 Å². The van der Waals surface area contributed by atoms with E-state index in [0.717, 1.165) is 13.0 Å². The molecule has 0 spiro atoms. The molecule has 0 saturated heterocycles. The molecule has 0 bridgehead atoms. The first-order valence-corrected chi connectivity index (χ1v) is 11.8. The summed E-state index contributed by atoms with van der Waals surface area (Å²) in [5.41, 5.74) is 6.71. The van der Waals surface area contributed by atoms with E-state index in [0.29, 0.717) is 6.61 Å². The van der Waals surface area contributed by atoms with Gasteiger partial charge in [-0.05, 0) is 44.2 Å². The van der Waals surface area contributed by atoms with Crippen molar-refractivity contribution in [2.75, 3.05) is 13.2 Å². The predicted molar refractivity (Wildman–Crippen MR) is 125 cm³/mol. The van der Waals surface area contributed by atoms with Crippen molar-refractivity contribution < 1.29 is 10.4 Å². The van der Waals surface area contributed by atoms with E-state index in [2.05, 4.69) is 61.6 Å². The number of nitrogens with two attached hydrogens (primary N) is 1. The van der Waals surface area contributed by atoms with Crippen LogP contribution in [0.5, 0.6) is 0 Å². The second-order valence-corrected chi connectivity index (χ2v) is 8.61. The van der Waals surface area contributed by atoms with E-state index in [1.165, 1.54) is 92.1 Å². The van der Waals surface area contributed by atoms with Gasteiger partial charge in [-0.15, -0.1) is 0 Å². The van der Waals surface area contributed by atoms with E-state index in [-0.39, 0.29) is 0 Å². The topological polar surface area (TPSA) is 36.8 Å². The van der Waals surface area contributed by atoms with Crippen LogP contribution in [0.15, 0.2) is 42.5 Å². The lowest BCUT2D eigenvalue weighted by Gasteiger charge is -2.07. The van der Waals surface area contributed by atoms with Crippen LogP contribution in [0, 0.1) is 13.8 Å². The van der Waals surface area contributed by atoms with E-state index in [9.17, 15) is 0 Å². The summed E-state index contributed by atoms with van der Waals surface area (Å²) in [7, 11) is 0. The maximum atomic E-state index is 8.76. The maximum Gasteiger partial charge on any atom is 0.101 e. The fourth-order valence-electron chi connectivity index (χ4n) is 4.06. The monoisotopic (exact) mass is 396 g/mol. The third-order valence-electron chi connectivity index (χ3n) is 5.71. The molecule has 0 saturated carbocycles. The standard InChI is InChI=1S/C27H41NO/c1-23-19-24(2)21-27(20-23)26-15-13-25(14-16-26)22-28-17-11-9-7-5-3-4-6-8-10-12-18-29/h13-16,19-21,28-29H,3-12,17-18,22H2,1-2H3/p+1. The molecule has 0 aliphatic carbocycles. The molecule has 2 rings (SSSR count). The van der Waals surface area contributed by atoms with Crippen LogP contribution in [0.2, 0.25) is 0 Å². The molecule has 0 aromatic heterocycles. The van der Waals surface area contributed by atoms with E-state index in [4.69, 9.17) is 5.11 Å². The van der Waals surface area contributed by atoms with Crippen LogP contribution < -0.4 is 5.32 Å². The Morgan fingerprint density at radius 1 is 0.621 bits per heavy atom. The Balaban J connectivity index is 1.51. The largest absolute Gasteiger partial charge is 0.396 e. The van der Waals surface area contributed by atoms with E-state index >= 15 is 0 Å². The first-order valence-electron chi connectivity index (χ1n) is 11.8. The van der Waals surface area contributed by atoms with E-state index < -0.39 is 0 Å². The highest BCUT2D eigenvalue weighted by molar-refractivity contribution is 5.65. The Morgan fingerprint density at radius 3 is 1.69 bits per heavy atom. The lowest BCUT2D eigenvalue weighted by Crippen LogP contribution is -2.82. The van der Waals surface area contributed by atoms with Crippen LogP contribution in [-0.2, 0) is 6.54 Å². The van der Waals surface area contributed by atoms with Gasteiger partial charge in [-0.2, -0.15) is 0 Å². The number of unbranched alkanes of at least 4 members (excludes halogenated alkanes) is 9. The summed E-state index contributed by atoms with van der Waals surface area (Å²) in [4.78, 5) is 0. The highest BCUT2D eigenvalue weighted by atomic mass is 16.2. The van der Waals surface area contributed by atoms with Gasteiger partial charge in [0.05, 0.1) is 6.54 Å². The summed E-state index contributed by atoms with van der Waals surface area (Å²) in [6, 6.07) is 15.9. The predicted octanol–water partition coefficient (Wildman–Crippen LogP) is 5.93. The highest BCUT2D eigenvalue weighted by Crippen LogP contribution is 2.22. The summed E-state index contributed by atoms with van der Waals surface area (Å²) in [6.07, 6.45) is 13.0. The van der Waals surface area contributed by atoms with Crippen molar-refractivity contribution in [2.45, 2.75) is 84.6 Å². The van der Waals surface area contributed by atoms with Crippen molar-refractivity contribution in [2.24, 2.45) is 0 Å². The highest BCUT2D eigenvalue weighted by Gasteiger charge is 2.02.